The highest BCUT2D eigenvalue weighted by Crippen LogP contribution is 2.56. The van der Waals surface area contributed by atoms with Crippen molar-refractivity contribution in [2.45, 2.75) is 19.8 Å². The number of hydrogen-bond donors (Lipinski definition) is 0. The van der Waals surface area contributed by atoms with Crippen LogP contribution in [0, 0.1) is 0 Å². The fourth-order valence-electron chi connectivity index (χ4n) is 1.72. The van der Waals surface area contributed by atoms with Crippen LogP contribution in [0.25, 0.3) is 0 Å². The summed E-state index contributed by atoms with van der Waals surface area (Å²) < 4.78 is 22.1. The zero-order valence-electron chi connectivity index (χ0n) is 9.02. The average Bonchev–Trinajstić information content (AvgIpc) is 2.72. The van der Waals surface area contributed by atoms with Crippen molar-refractivity contribution in [3.63, 3.8) is 0 Å². The fourth-order valence-corrected chi connectivity index (χ4v) is 3.11. The van der Waals surface area contributed by atoms with Crippen molar-refractivity contribution in [2.24, 2.45) is 0 Å². The number of hydrogen-bond acceptors (Lipinski definition) is 4. The summed E-state index contributed by atoms with van der Waals surface area (Å²) in [6, 6.07) is 0. The summed E-state index contributed by atoms with van der Waals surface area (Å²) >= 11 is 0. The standard InChI is InChI=1S/C9H18NO3P/c1-4-9(10-7-5-6-8-10)14(11,12-2)13-3/h4H,5-8H2,1-3H3/b9-4+. The van der Waals surface area contributed by atoms with Gasteiger partial charge in [0.1, 0.15) is 5.44 Å². The predicted molar refractivity (Wildman–Crippen MR) is 56.2 cm³/mol. The lowest BCUT2D eigenvalue weighted by molar-refractivity contribution is 0.268. The zero-order valence-corrected chi connectivity index (χ0v) is 9.92. The van der Waals surface area contributed by atoms with Crippen molar-refractivity contribution >= 4 is 7.60 Å². The smallest absolute Gasteiger partial charge is 0.365 e. The van der Waals surface area contributed by atoms with Crippen LogP contribution in [0.15, 0.2) is 11.5 Å². The fraction of sp³-hybridized carbons (Fsp3) is 0.778. The van der Waals surface area contributed by atoms with E-state index in [0.717, 1.165) is 25.9 Å². The zero-order chi connectivity index (χ0) is 10.6. The van der Waals surface area contributed by atoms with Gasteiger partial charge in [0.05, 0.1) is 0 Å². The summed E-state index contributed by atoms with van der Waals surface area (Å²) in [6.45, 7) is 3.74. The quantitative estimate of drug-likeness (QED) is 0.681. The lowest BCUT2D eigenvalue weighted by Gasteiger charge is -2.25. The van der Waals surface area contributed by atoms with Crippen molar-refractivity contribution < 1.29 is 13.6 Å². The molecule has 1 aliphatic rings. The van der Waals surface area contributed by atoms with Gasteiger partial charge in [-0.2, -0.15) is 0 Å². The Hall–Kier alpha value is -0.310. The van der Waals surface area contributed by atoms with Crippen molar-refractivity contribution in [2.75, 3.05) is 27.3 Å². The summed E-state index contributed by atoms with van der Waals surface area (Å²) in [5.74, 6) is 0. The Morgan fingerprint density at radius 3 is 2.14 bits per heavy atom. The van der Waals surface area contributed by atoms with E-state index in [0.29, 0.717) is 5.44 Å². The molecule has 5 heteroatoms. The van der Waals surface area contributed by atoms with E-state index in [4.69, 9.17) is 9.05 Å². The summed E-state index contributed by atoms with van der Waals surface area (Å²) in [5.41, 5.74) is 0.694. The monoisotopic (exact) mass is 219 g/mol. The molecule has 0 aliphatic carbocycles. The average molecular weight is 219 g/mol. The molecule has 1 aliphatic heterocycles. The number of likely N-dealkylation sites (tertiary alicyclic amines) is 1. The number of rotatable bonds is 4. The molecule has 4 nitrogen and oxygen atoms in total. The molecule has 0 aromatic heterocycles. The first kappa shape index (κ1) is 11.8. The largest absolute Gasteiger partial charge is 0.376 e. The Kier molecular flexibility index (Phi) is 4.17. The van der Waals surface area contributed by atoms with E-state index in [1.54, 1.807) is 0 Å². The highest BCUT2D eigenvalue weighted by atomic mass is 31.2. The predicted octanol–water partition coefficient (Wildman–Crippen LogP) is 2.43. The second-order valence-corrected chi connectivity index (χ2v) is 5.39. The van der Waals surface area contributed by atoms with Crippen LogP contribution in [0.1, 0.15) is 19.8 Å². The molecular weight excluding hydrogens is 201 g/mol. The van der Waals surface area contributed by atoms with Crippen LogP contribution in [0.5, 0.6) is 0 Å². The molecule has 0 amide bonds. The molecule has 0 N–H and O–H groups in total. The summed E-state index contributed by atoms with van der Waals surface area (Å²) in [6.07, 6.45) is 4.11. The first-order chi connectivity index (χ1) is 6.68. The van der Waals surface area contributed by atoms with Gasteiger partial charge < -0.3 is 13.9 Å². The summed E-state index contributed by atoms with van der Waals surface area (Å²) in [7, 11) is -0.212. The Morgan fingerprint density at radius 1 is 1.29 bits per heavy atom. The maximum Gasteiger partial charge on any atom is 0.376 e. The molecule has 14 heavy (non-hydrogen) atoms. The van der Waals surface area contributed by atoms with Crippen molar-refractivity contribution in [3.05, 3.63) is 11.5 Å². The summed E-state index contributed by atoms with van der Waals surface area (Å²) in [4.78, 5) is 2.08. The maximum atomic E-state index is 12.1. The van der Waals surface area contributed by atoms with Gasteiger partial charge in [-0.1, -0.05) is 6.08 Å². The second kappa shape index (κ2) is 4.96. The summed E-state index contributed by atoms with van der Waals surface area (Å²) in [5, 5.41) is 0. The lowest BCUT2D eigenvalue weighted by atomic mass is 10.4. The van der Waals surface area contributed by atoms with Gasteiger partial charge in [-0.3, -0.25) is 4.57 Å². The highest BCUT2D eigenvalue weighted by molar-refractivity contribution is 7.58. The highest BCUT2D eigenvalue weighted by Gasteiger charge is 2.32. The molecule has 1 fully saturated rings. The minimum atomic E-state index is -3.05. The SMILES string of the molecule is C/C=C(\N1CCCC1)P(=O)(OC)OC. The van der Waals surface area contributed by atoms with E-state index < -0.39 is 7.60 Å². The molecule has 1 heterocycles. The van der Waals surface area contributed by atoms with Gasteiger partial charge in [0, 0.05) is 27.3 Å². The van der Waals surface area contributed by atoms with E-state index in [-0.39, 0.29) is 0 Å². The molecule has 0 bridgehead atoms. The molecule has 1 saturated heterocycles. The van der Waals surface area contributed by atoms with Gasteiger partial charge in [-0.15, -0.1) is 0 Å². The van der Waals surface area contributed by atoms with Crippen LogP contribution in [0.3, 0.4) is 0 Å². The maximum absolute atomic E-state index is 12.1. The van der Waals surface area contributed by atoms with Gasteiger partial charge in [0.25, 0.3) is 0 Å². The Labute approximate surface area is 85.4 Å². The second-order valence-electron chi connectivity index (χ2n) is 3.20. The lowest BCUT2D eigenvalue weighted by Crippen LogP contribution is -2.19. The third kappa shape index (κ3) is 2.19. The van der Waals surface area contributed by atoms with Crippen LogP contribution >= 0.6 is 7.60 Å². The van der Waals surface area contributed by atoms with Gasteiger partial charge >= 0.3 is 7.60 Å². The minimum absolute atomic E-state index is 0.694. The van der Waals surface area contributed by atoms with Gasteiger partial charge in [0.15, 0.2) is 0 Å². The first-order valence-electron chi connectivity index (χ1n) is 4.81. The Bertz CT molecular complexity index is 251. The molecule has 82 valence electrons. The van der Waals surface area contributed by atoms with Crippen LogP contribution in [0.4, 0.5) is 0 Å². The molecular formula is C9H18NO3P. The normalized spacial score (nSPS) is 19.1. The van der Waals surface area contributed by atoms with Crippen LogP contribution < -0.4 is 0 Å². The third-order valence-electron chi connectivity index (χ3n) is 2.45. The molecule has 0 unspecified atom stereocenters. The van der Waals surface area contributed by atoms with E-state index in [2.05, 4.69) is 4.90 Å². The van der Waals surface area contributed by atoms with E-state index in [1.807, 2.05) is 13.0 Å². The molecule has 0 atom stereocenters. The van der Waals surface area contributed by atoms with Gasteiger partial charge in [-0.05, 0) is 19.8 Å². The van der Waals surface area contributed by atoms with E-state index in [1.165, 1.54) is 14.2 Å². The van der Waals surface area contributed by atoms with Crippen LogP contribution in [0.2, 0.25) is 0 Å². The van der Waals surface area contributed by atoms with E-state index in [9.17, 15) is 4.57 Å². The van der Waals surface area contributed by atoms with Crippen molar-refractivity contribution in [1.82, 2.24) is 4.90 Å². The number of nitrogens with zero attached hydrogens (tertiary/aromatic N) is 1. The number of allylic oxidation sites excluding steroid dienone is 1. The third-order valence-corrected chi connectivity index (χ3v) is 4.51. The first-order valence-corrected chi connectivity index (χ1v) is 6.35. The molecule has 0 spiro atoms. The minimum Gasteiger partial charge on any atom is -0.365 e. The molecule has 1 rings (SSSR count). The van der Waals surface area contributed by atoms with Gasteiger partial charge in [-0.25, -0.2) is 0 Å². The molecule has 0 aromatic carbocycles. The van der Waals surface area contributed by atoms with Crippen LogP contribution in [-0.4, -0.2) is 32.2 Å². The van der Waals surface area contributed by atoms with Gasteiger partial charge in [0.2, 0.25) is 0 Å². The van der Waals surface area contributed by atoms with Crippen LogP contribution in [-0.2, 0) is 13.6 Å². The molecule has 0 saturated carbocycles. The molecule has 0 aromatic rings. The van der Waals surface area contributed by atoms with Crippen molar-refractivity contribution in [1.29, 1.82) is 0 Å². The Morgan fingerprint density at radius 2 is 1.79 bits per heavy atom. The Balaban J connectivity index is 2.85. The van der Waals surface area contributed by atoms with E-state index >= 15 is 0 Å². The van der Waals surface area contributed by atoms with Crippen molar-refractivity contribution in [3.8, 4) is 0 Å². The topological polar surface area (TPSA) is 38.8 Å². The molecule has 0 radical (unpaired) electrons.